The number of rotatable bonds is 17. The van der Waals surface area contributed by atoms with Crippen molar-refractivity contribution in [1.29, 1.82) is 0 Å². The van der Waals surface area contributed by atoms with Gasteiger partial charge in [0.05, 0.1) is 12.5 Å². The molecule has 0 spiro atoms. The molecule has 3 rings (SSSR count). The lowest BCUT2D eigenvalue weighted by Crippen LogP contribution is -2.57. The number of nitrogens with two attached hydrogens (primary N) is 3. The molecular formula is C30H38N8O8. The molecule has 246 valence electrons. The smallest absolute Gasteiger partial charge is 0.326 e. The van der Waals surface area contributed by atoms with Gasteiger partial charge < -0.3 is 53.5 Å². The van der Waals surface area contributed by atoms with E-state index in [1.807, 2.05) is 0 Å². The van der Waals surface area contributed by atoms with Crippen molar-refractivity contribution in [3.8, 4) is 5.75 Å². The number of benzene rings is 2. The molecule has 16 heteroatoms. The lowest BCUT2D eigenvalue weighted by atomic mass is 10.0. The van der Waals surface area contributed by atoms with E-state index in [1.54, 1.807) is 42.6 Å². The van der Waals surface area contributed by atoms with Crippen LogP contribution in [-0.2, 0) is 36.8 Å². The number of phenolic OH excluding ortho intramolecular Hbond substituents is 1. The second-order valence-corrected chi connectivity index (χ2v) is 10.6. The molecule has 46 heavy (non-hydrogen) atoms. The van der Waals surface area contributed by atoms with Crippen LogP contribution in [-0.4, -0.2) is 86.6 Å². The molecule has 16 nitrogen and oxygen atoms in total. The van der Waals surface area contributed by atoms with Gasteiger partial charge >= 0.3 is 11.9 Å². The molecule has 3 aromatic rings. The molecule has 0 saturated heterocycles. The number of nitrogens with one attached hydrogen (secondary N) is 4. The number of guanidine groups is 1. The van der Waals surface area contributed by atoms with Crippen LogP contribution in [0.15, 0.2) is 59.7 Å². The van der Waals surface area contributed by atoms with Gasteiger partial charge in [-0.15, -0.1) is 0 Å². The molecule has 2 aromatic carbocycles. The molecule has 0 bridgehead atoms. The number of carbonyl (C=O) groups excluding carboxylic acids is 3. The fraction of sp³-hybridized carbons (Fsp3) is 0.333. The van der Waals surface area contributed by atoms with E-state index in [9.17, 15) is 39.3 Å². The van der Waals surface area contributed by atoms with Crippen LogP contribution in [0.3, 0.4) is 0 Å². The summed E-state index contributed by atoms with van der Waals surface area (Å²) in [5.74, 6) is -5.61. The maximum Gasteiger partial charge on any atom is 0.326 e. The Labute approximate surface area is 263 Å². The summed E-state index contributed by atoms with van der Waals surface area (Å²) in [5.41, 5.74) is 18.8. The molecule has 0 radical (unpaired) electrons. The first-order valence-corrected chi connectivity index (χ1v) is 14.3. The van der Waals surface area contributed by atoms with Crippen molar-refractivity contribution < 1.29 is 39.3 Å². The van der Waals surface area contributed by atoms with Gasteiger partial charge in [0.15, 0.2) is 5.96 Å². The van der Waals surface area contributed by atoms with Crippen LogP contribution in [0.25, 0.3) is 10.9 Å². The number of aromatic nitrogens is 1. The lowest BCUT2D eigenvalue weighted by Gasteiger charge is -2.24. The number of H-pyrrole nitrogens is 1. The Morgan fingerprint density at radius 2 is 1.46 bits per heavy atom. The van der Waals surface area contributed by atoms with E-state index in [4.69, 9.17) is 17.2 Å². The van der Waals surface area contributed by atoms with Gasteiger partial charge in [0.2, 0.25) is 17.7 Å². The normalized spacial score (nSPS) is 13.5. The first kappa shape index (κ1) is 34.8. The highest BCUT2D eigenvalue weighted by Crippen LogP contribution is 2.19. The number of fused-ring (bicyclic) bond motifs is 1. The Morgan fingerprint density at radius 1 is 0.826 bits per heavy atom. The largest absolute Gasteiger partial charge is 0.508 e. The zero-order chi connectivity index (χ0) is 33.8. The molecular weight excluding hydrogens is 600 g/mol. The van der Waals surface area contributed by atoms with Gasteiger partial charge in [-0.05, 0) is 48.6 Å². The van der Waals surface area contributed by atoms with Crippen LogP contribution in [0.5, 0.6) is 5.75 Å². The fourth-order valence-electron chi connectivity index (χ4n) is 4.68. The molecule has 0 fully saturated rings. The van der Waals surface area contributed by atoms with Gasteiger partial charge in [0.25, 0.3) is 0 Å². The molecule has 13 N–H and O–H groups in total. The van der Waals surface area contributed by atoms with Crippen LogP contribution in [0.2, 0.25) is 0 Å². The minimum Gasteiger partial charge on any atom is -0.508 e. The summed E-state index contributed by atoms with van der Waals surface area (Å²) in [6, 6.07) is 7.69. The average molecular weight is 639 g/mol. The number of carboxylic acids is 2. The molecule has 0 aliphatic rings. The number of hydrogen-bond donors (Lipinski definition) is 10. The summed E-state index contributed by atoms with van der Waals surface area (Å²) >= 11 is 0. The SMILES string of the molecule is NC(N)=NCCCC(NC(=O)C(N)Cc1ccc(O)cc1)C(=O)NC(CC(=O)O)C(=O)NC(Cc1c[nH]c2ccccc12)C(=O)O. The maximum absolute atomic E-state index is 13.4. The Hall–Kier alpha value is -5.64. The van der Waals surface area contributed by atoms with E-state index in [2.05, 4.69) is 25.9 Å². The Morgan fingerprint density at radius 3 is 2.11 bits per heavy atom. The third-order valence-corrected chi connectivity index (χ3v) is 7.03. The van der Waals surface area contributed by atoms with Crippen LogP contribution in [0.4, 0.5) is 0 Å². The molecule has 3 amide bonds. The van der Waals surface area contributed by atoms with Crippen LogP contribution < -0.4 is 33.2 Å². The van der Waals surface area contributed by atoms with Crippen LogP contribution >= 0.6 is 0 Å². The highest BCUT2D eigenvalue weighted by atomic mass is 16.4. The number of carbonyl (C=O) groups is 5. The molecule has 0 aliphatic heterocycles. The van der Waals surface area contributed by atoms with Gasteiger partial charge in [-0.25, -0.2) is 4.79 Å². The Bertz CT molecular complexity index is 1570. The zero-order valence-electron chi connectivity index (χ0n) is 24.8. The molecule has 4 unspecified atom stereocenters. The van der Waals surface area contributed by atoms with Crippen molar-refractivity contribution in [2.24, 2.45) is 22.2 Å². The molecule has 0 aliphatic carbocycles. The van der Waals surface area contributed by atoms with E-state index < -0.39 is 60.2 Å². The molecule has 0 saturated carbocycles. The number of aromatic hydroxyl groups is 1. The number of aromatic amines is 1. The number of aliphatic imine (C=N–C) groups is 1. The Kier molecular flexibility index (Phi) is 12.5. The summed E-state index contributed by atoms with van der Waals surface area (Å²) in [4.78, 5) is 70.1. The number of phenols is 1. The van der Waals surface area contributed by atoms with E-state index in [0.717, 1.165) is 10.9 Å². The first-order valence-electron chi connectivity index (χ1n) is 14.3. The van der Waals surface area contributed by atoms with Crippen molar-refractivity contribution in [3.05, 3.63) is 65.9 Å². The predicted octanol–water partition coefficient (Wildman–Crippen LogP) is -0.947. The molecule has 1 heterocycles. The highest BCUT2D eigenvalue weighted by Gasteiger charge is 2.32. The fourth-order valence-corrected chi connectivity index (χ4v) is 4.68. The number of carboxylic acid groups (broad SMARTS) is 2. The van der Waals surface area contributed by atoms with Crippen LogP contribution in [0, 0.1) is 0 Å². The number of hydrogen-bond acceptors (Lipinski definition) is 8. The van der Waals surface area contributed by atoms with Gasteiger partial charge in [-0.1, -0.05) is 30.3 Å². The van der Waals surface area contributed by atoms with Crippen molar-refractivity contribution in [3.63, 3.8) is 0 Å². The van der Waals surface area contributed by atoms with E-state index >= 15 is 0 Å². The summed E-state index contributed by atoms with van der Waals surface area (Å²) in [6.07, 6.45) is 0.898. The monoisotopic (exact) mass is 638 g/mol. The topological polar surface area (TPSA) is 288 Å². The first-order chi connectivity index (χ1) is 21.8. The van der Waals surface area contributed by atoms with E-state index in [1.165, 1.54) is 12.1 Å². The van der Waals surface area contributed by atoms with Crippen molar-refractivity contribution in [2.45, 2.75) is 56.3 Å². The summed E-state index contributed by atoms with van der Waals surface area (Å²) in [6.45, 7) is 0.106. The quantitative estimate of drug-likeness (QED) is 0.0488. The van der Waals surface area contributed by atoms with E-state index in [-0.39, 0.29) is 43.9 Å². The van der Waals surface area contributed by atoms with Crippen LogP contribution in [0.1, 0.15) is 30.4 Å². The minimum absolute atomic E-state index is 0.0139. The summed E-state index contributed by atoms with van der Waals surface area (Å²) in [5, 5.41) is 36.7. The standard InChI is InChI=1S/C30H38N8O8/c31-20(12-16-7-9-18(39)10-8-16)26(42)36-22(6-3-11-34-30(32)33)27(43)37-23(14-25(40)41)28(44)38-24(29(45)46)13-17-15-35-21-5-2-1-4-19(17)21/h1-2,4-5,7-10,15,20,22-24,35,39H,3,6,11-14,31H2,(H,36,42)(H,37,43)(H,38,44)(H,40,41)(H,45,46)(H4,32,33,34). The number of para-hydroxylation sites is 1. The number of aliphatic carboxylic acids is 2. The predicted molar refractivity (Wildman–Crippen MR) is 167 cm³/mol. The number of nitrogens with zero attached hydrogens (tertiary/aromatic N) is 1. The average Bonchev–Trinajstić information content (AvgIpc) is 3.41. The maximum atomic E-state index is 13.4. The van der Waals surface area contributed by atoms with Crippen molar-refractivity contribution >= 4 is 46.5 Å². The zero-order valence-corrected chi connectivity index (χ0v) is 24.8. The van der Waals surface area contributed by atoms with Gasteiger partial charge in [-0.3, -0.25) is 24.2 Å². The molecule has 4 atom stereocenters. The minimum atomic E-state index is -1.68. The third-order valence-electron chi connectivity index (χ3n) is 7.03. The lowest BCUT2D eigenvalue weighted by molar-refractivity contribution is -0.143. The van der Waals surface area contributed by atoms with Gasteiger partial charge in [0, 0.05) is 30.1 Å². The van der Waals surface area contributed by atoms with E-state index in [0.29, 0.717) is 11.1 Å². The van der Waals surface area contributed by atoms with Crippen molar-refractivity contribution in [1.82, 2.24) is 20.9 Å². The second-order valence-electron chi connectivity index (χ2n) is 10.6. The summed E-state index contributed by atoms with van der Waals surface area (Å²) in [7, 11) is 0. The van der Waals surface area contributed by atoms with Gasteiger partial charge in [-0.2, -0.15) is 0 Å². The number of amides is 3. The van der Waals surface area contributed by atoms with Gasteiger partial charge in [0.1, 0.15) is 23.9 Å². The van der Waals surface area contributed by atoms with Crippen molar-refractivity contribution in [2.75, 3.05) is 6.54 Å². The highest BCUT2D eigenvalue weighted by molar-refractivity contribution is 5.96. The Balaban J connectivity index is 1.74. The second kappa shape index (κ2) is 16.4. The summed E-state index contributed by atoms with van der Waals surface area (Å²) < 4.78 is 0. The third kappa shape index (κ3) is 10.5. The molecule has 1 aromatic heterocycles.